The Bertz CT molecular complexity index is 804. The van der Waals surface area contributed by atoms with Crippen LogP contribution in [0, 0.1) is 0 Å². The molecule has 0 bridgehead atoms. The molecule has 1 heterocycles. The first-order valence-electron chi connectivity index (χ1n) is 8.06. The van der Waals surface area contributed by atoms with Gasteiger partial charge in [0.1, 0.15) is 11.5 Å². The number of para-hydroxylation sites is 1. The Kier molecular flexibility index (Phi) is 4.88. The number of nitrogens with one attached hydrogen (secondary N) is 2. The molecule has 1 atom stereocenters. The van der Waals surface area contributed by atoms with E-state index in [1.807, 2.05) is 36.4 Å². The van der Waals surface area contributed by atoms with Crippen LogP contribution in [-0.4, -0.2) is 25.0 Å². The van der Waals surface area contributed by atoms with E-state index in [-0.39, 0.29) is 18.2 Å². The minimum atomic E-state index is -0.501. The van der Waals surface area contributed by atoms with Gasteiger partial charge >= 0.3 is 0 Å². The van der Waals surface area contributed by atoms with Crippen LogP contribution in [0.15, 0.2) is 42.5 Å². The minimum Gasteiger partial charge on any atom is -0.496 e. The third kappa shape index (κ3) is 3.91. The minimum absolute atomic E-state index is 0.101. The predicted octanol–water partition coefficient (Wildman–Crippen LogP) is 2.27. The Morgan fingerprint density at radius 3 is 2.88 bits per heavy atom. The van der Waals surface area contributed by atoms with Gasteiger partial charge in [0.2, 0.25) is 5.91 Å². The molecule has 2 amide bonds. The van der Waals surface area contributed by atoms with Crippen molar-refractivity contribution in [2.24, 2.45) is 0 Å². The van der Waals surface area contributed by atoms with Crippen LogP contribution in [0.25, 0.3) is 0 Å². The molecule has 0 spiro atoms. The molecule has 2 aromatic carbocycles. The van der Waals surface area contributed by atoms with Crippen molar-refractivity contribution in [3.05, 3.63) is 53.6 Å². The summed E-state index contributed by atoms with van der Waals surface area (Å²) in [5.41, 5.74) is 2.34. The summed E-state index contributed by atoms with van der Waals surface area (Å²) in [5.74, 6) is 1.05. The van der Waals surface area contributed by atoms with Gasteiger partial charge in [-0.05, 0) is 30.7 Å². The first kappa shape index (κ1) is 16.8. The molecular formula is C19H20N2O4. The number of carbonyl (C=O) groups excluding carboxylic acids is 2. The molecule has 1 unspecified atom stereocenters. The highest BCUT2D eigenvalue weighted by atomic mass is 16.5. The summed E-state index contributed by atoms with van der Waals surface area (Å²) < 4.78 is 10.8. The Morgan fingerprint density at radius 1 is 1.28 bits per heavy atom. The number of methoxy groups -OCH3 is 1. The normalized spacial score (nSPS) is 15.6. The van der Waals surface area contributed by atoms with Gasteiger partial charge in [0.15, 0.2) is 6.10 Å². The number of hydrogen-bond acceptors (Lipinski definition) is 4. The zero-order chi connectivity index (χ0) is 17.8. The van der Waals surface area contributed by atoms with Crippen LogP contribution in [-0.2, 0) is 22.6 Å². The average molecular weight is 340 g/mol. The van der Waals surface area contributed by atoms with Gasteiger partial charge in [-0.1, -0.05) is 24.3 Å². The summed E-state index contributed by atoms with van der Waals surface area (Å²) in [7, 11) is 1.58. The highest BCUT2D eigenvalue weighted by Crippen LogP contribution is 2.30. The lowest BCUT2D eigenvalue weighted by atomic mass is 10.1. The van der Waals surface area contributed by atoms with E-state index in [0.717, 1.165) is 11.1 Å². The fourth-order valence-electron chi connectivity index (χ4n) is 2.65. The van der Waals surface area contributed by atoms with Gasteiger partial charge in [0, 0.05) is 12.1 Å². The van der Waals surface area contributed by atoms with Crippen LogP contribution in [0.3, 0.4) is 0 Å². The van der Waals surface area contributed by atoms with Crippen molar-refractivity contribution in [1.29, 1.82) is 0 Å². The second-order valence-electron chi connectivity index (χ2n) is 5.85. The molecule has 6 nitrogen and oxygen atoms in total. The average Bonchev–Trinajstić information content (AvgIpc) is 2.61. The summed E-state index contributed by atoms with van der Waals surface area (Å²) in [6.45, 7) is 2.07. The molecule has 1 aliphatic rings. The van der Waals surface area contributed by atoms with Gasteiger partial charge in [-0.25, -0.2) is 0 Å². The van der Waals surface area contributed by atoms with Gasteiger partial charge < -0.3 is 20.1 Å². The van der Waals surface area contributed by atoms with Crippen molar-refractivity contribution in [2.45, 2.75) is 26.0 Å². The lowest BCUT2D eigenvalue weighted by Crippen LogP contribution is -2.34. The number of benzene rings is 2. The number of fused-ring (bicyclic) bond motifs is 1. The molecule has 0 aromatic heterocycles. The van der Waals surface area contributed by atoms with Crippen molar-refractivity contribution in [3.63, 3.8) is 0 Å². The molecule has 0 saturated carbocycles. The predicted molar refractivity (Wildman–Crippen MR) is 93.7 cm³/mol. The molecule has 0 saturated heterocycles. The van der Waals surface area contributed by atoms with Crippen LogP contribution in [0.5, 0.6) is 11.5 Å². The second kappa shape index (κ2) is 7.25. The highest BCUT2D eigenvalue weighted by Gasteiger charge is 2.23. The van der Waals surface area contributed by atoms with Crippen molar-refractivity contribution >= 4 is 17.5 Å². The molecule has 130 valence electrons. The Labute approximate surface area is 146 Å². The SMILES string of the molecule is COc1ccccc1CC(=O)NCc1ccc2c(c1)NC(=O)C(C)O2. The zero-order valence-electron chi connectivity index (χ0n) is 14.2. The summed E-state index contributed by atoms with van der Waals surface area (Å²) in [6, 6.07) is 12.9. The summed E-state index contributed by atoms with van der Waals surface area (Å²) >= 11 is 0. The Balaban J connectivity index is 1.61. The van der Waals surface area contributed by atoms with E-state index in [0.29, 0.717) is 23.7 Å². The first-order chi connectivity index (χ1) is 12.1. The van der Waals surface area contributed by atoms with E-state index in [2.05, 4.69) is 10.6 Å². The van der Waals surface area contributed by atoms with Gasteiger partial charge in [-0.15, -0.1) is 0 Å². The zero-order valence-corrected chi connectivity index (χ0v) is 14.2. The summed E-state index contributed by atoms with van der Waals surface area (Å²) in [4.78, 5) is 23.9. The molecule has 3 rings (SSSR count). The van der Waals surface area contributed by atoms with Gasteiger partial charge in [0.05, 0.1) is 19.2 Å². The van der Waals surface area contributed by atoms with E-state index >= 15 is 0 Å². The highest BCUT2D eigenvalue weighted by molar-refractivity contribution is 5.97. The molecule has 1 aliphatic heterocycles. The molecule has 0 radical (unpaired) electrons. The second-order valence-corrected chi connectivity index (χ2v) is 5.85. The third-order valence-corrected chi connectivity index (χ3v) is 4.01. The molecule has 0 aliphatic carbocycles. The van der Waals surface area contributed by atoms with Crippen molar-refractivity contribution in [3.8, 4) is 11.5 Å². The standard InChI is InChI=1S/C19H20N2O4/c1-12-19(23)21-15-9-13(7-8-17(15)25-12)11-20-18(22)10-14-5-3-4-6-16(14)24-2/h3-9,12H,10-11H2,1-2H3,(H,20,22)(H,21,23). The topological polar surface area (TPSA) is 76.7 Å². The fraction of sp³-hybridized carbons (Fsp3) is 0.263. The number of rotatable bonds is 5. The maximum absolute atomic E-state index is 12.2. The third-order valence-electron chi connectivity index (χ3n) is 4.01. The number of carbonyl (C=O) groups is 2. The summed E-state index contributed by atoms with van der Waals surface area (Å²) in [6.07, 6.45) is -0.259. The van der Waals surface area contributed by atoms with Crippen molar-refractivity contribution < 1.29 is 19.1 Å². The van der Waals surface area contributed by atoms with Gasteiger partial charge in [0.25, 0.3) is 5.91 Å². The molecular weight excluding hydrogens is 320 g/mol. The van der Waals surface area contributed by atoms with Crippen LogP contribution in [0.2, 0.25) is 0 Å². The number of hydrogen-bond donors (Lipinski definition) is 2. The van der Waals surface area contributed by atoms with Gasteiger partial charge in [-0.3, -0.25) is 9.59 Å². The number of ether oxygens (including phenoxy) is 2. The van der Waals surface area contributed by atoms with Crippen molar-refractivity contribution in [2.75, 3.05) is 12.4 Å². The quantitative estimate of drug-likeness (QED) is 0.875. The van der Waals surface area contributed by atoms with E-state index in [9.17, 15) is 9.59 Å². The lowest BCUT2D eigenvalue weighted by molar-refractivity contribution is -0.123. The maximum Gasteiger partial charge on any atom is 0.265 e. The Morgan fingerprint density at radius 2 is 2.08 bits per heavy atom. The maximum atomic E-state index is 12.2. The number of anilines is 1. The van der Waals surface area contributed by atoms with Gasteiger partial charge in [-0.2, -0.15) is 0 Å². The fourth-order valence-corrected chi connectivity index (χ4v) is 2.65. The van der Waals surface area contributed by atoms with E-state index in [1.165, 1.54) is 0 Å². The smallest absolute Gasteiger partial charge is 0.265 e. The Hall–Kier alpha value is -3.02. The largest absolute Gasteiger partial charge is 0.496 e. The van der Waals surface area contributed by atoms with Crippen LogP contribution in [0.4, 0.5) is 5.69 Å². The van der Waals surface area contributed by atoms with E-state index in [4.69, 9.17) is 9.47 Å². The van der Waals surface area contributed by atoms with E-state index in [1.54, 1.807) is 20.1 Å². The number of amides is 2. The van der Waals surface area contributed by atoms with Crippen LogP contribution < -0.4 is 20.1 Å². The molecule has 2 N–H and O–H groups in total. The molecule has 2 aromatic rings. The monoisotopic (exact) mass is 340 g/mol. The van der Waals surface area contributed by atoms with E-state index < -0.39 is 6.10 Å². The molecule has 25 heavy (non-hydrogen) atoms. The summed E-state index contributed by atoms with van der Waals surface area (Å²) in [5, 5.41) is 5.68. The molecule has 6 heteroatoms. The molecule has 0 fully saturated rings. The lowest BCUT2D eigenvalue weighted by Gasteiger charge is -2.23. The first-order valence-corrected chi connectivity index (χ1v) is 8.06. The van der Waals surface area contributed by atoms with Crippen molar-refractivity contribution in [1.82, 2.24) is 5.32 Å². The van der Waals surface area contributed by atoms with Crippen LogP contribution in [0.1, 0.15) is 18.1 Å². The van der Waals surface area contributed by atoms with Crippen LogP contribution >= 0.6 is 0 Å².